The number of nitrogens with one attached hydrogen (secondary N) is 1. The highest BCUT2D eigenvalue weighted by molar-refractivity contribution is 5.89. The summed E-state index contributed by atoms with van der Waals surface area (Å²) >= 11 is 0. The molecule has 3 rings (SSSR count). The molecular formula is C24H18F3NO3. The first-order valence-corrected chi connectivity index (χ1v) is 9.22. The monoisotopic (exact) mass is 425 g/mol. The average molecular weight is 425 g/mol. The predicted molar refractivity (Wildman–Crippen MR) is 111 cm³/mol. The summed E-state index contributed by atoms with van der Waals surface area (Å²) in [6.45, 7) is 0.254. The Morgan fingerprint density at radius 3 is 2.45 bits per heavy atom. The standard InChI is InChI=1S/C24H18F3NO3/c1-30-23(29)18-7-4-8-20(16-18)31-22-10-3-2-9-21(22)28-15-5-6-17-11-13-19(14-12-17)24(25,26)27/h2-4,7-14,16,28H,15H2,1H3. The predicted octanol–water partition coefficient (Wildman–Crippen LogP) is 5.75. The zero-order valence-corrected chi connectivity index (χ0v) is 16.5. The van der Waals surface area contributed by atoms with Gasteiger partial charge in [-0.15, -0.1) is 0 Å². The van der Waals surface area contributed by atoms with Crippen LogP contribution in [0.2, 0.25) is 0 Å². The van der Waals surface area contributed by atoms with Crippen molar-refractivity contribution in [2.24, 2.45) is 0 Å². The van der Waals surface area contributed by atoms with E-state index in [2.05, 4.69) is 17.2 Å². The number of hydrogen-bond acceptors (Lipinski definition) is 4. The van der Waals surface area contributed by atoms with E-state index >= 15 is 0 Å². The van der Waals surface area contributed by atoms with E-state index in [1.807, 2.05) is 6.07 Å². The van der Waals surface area contributed by atoms with Gasteiger partial charge < -0.3 is 14.8 Å². The van der Waals surface area contributed by atoms with Gasteiger partial charge in [-0.2, -0.15) is 13.2 Å². The largest absolute Gasteiger partial charge is 0.465 e. The van der Waals surface area contributed by atoms with E-state index in [9.17, 15) is 18.0 Å². The van der Waals surface area contributed by atoms with Gasteiger partial charge in [0.2, 0.25) is 0 Å². The van der Waals surface area contributed by atoms with Gasteiger partial charge in [0.15, 0.2) is 5.75 Å². The highest BCUT2D eigenvalue weighted by atomic mass is 19.4. The van der Waals surface area contributed by atoms with Crippen LogP contribution in [0.15, 0.2) is 72.8 Å². The van der Waals surface area contributed by atoms with E-state index in [4.69, 9.17) is 9.47 Å². The Kier molecular flexibility index (Phi) is 6.83. The van der Waals surface area contributed by atoms with Crippen molar-refractivity contribution < 1.29 is 27.4 Å². The van der Waals surface area contributed by atoms with Gasteiger partial charge in [-0.1, -0.05) is 30.0 Å². The molecule has 0 heterocycles. The fourth-order valence-corrected chi connectivity index (χ4v) is 2.66. The first-order chi connectivity index (χ1) is 14.9. The van der Waals surface area contributed by atoms with E-state index < -0.39 is 17.7 Å². The molecule has 7 heteroatoms. The lowest BCUT2D eigenvalue weighted by Gasteiger charge is -2.12. The molecule has 0 aromatic heterocycles. The summed E-state index contributed by atoms with van der Waals surface area (Å²) in [6.07, 6.45) is -4.37. The molecule has 0 bridgehead atoms. The van der Waals surface area contributed by atoms with E-state index in [1.54, 1.807) is 42.5 Å². The molecule has 0 fully saturated rings. The number of methoxy groups -OCH3 is 1. The van der Waals surface area contributed by atoms with Crippen LogP contribution in [0.25, 0.3) is 0 Å². The Hall–Kier alpha value is -3.92. The third kappa shape index (κ3) is 6.03. The fourth-order valence-electron chi connectivity index (χ4n) is 2.66. The van der Waals surface area contributed by atoms with Crippen molar-refractivity contribution in [2.75, 3.05) is 19.0 Å². The molecule has 0 aliphatic rings. The fraction of sp³-hybridized carbons (Fsp3) is 0.125. The summed E-state index contributed by atoms with van der Waals surface area (Å²) in [6, 6.07) is 18.5. The molecule has 3 aromatic carbocycles. The first kappa shape index (κ1) is 21.8. The van der Waals surface area contributed by atoms with E-state index in [0.717, 1.165) is 12.1 Å². The third-order valence-electron chi connectivity index (χ3n) is 4.18. The Labute approximate surface area is 177 Å². The number of esters is 1. The minimum Gasteiger partial charge on any atom is -0.465 e. The average Bonchev–Trinajstić information content (AvgIpc) is 2.77. The van der Waals surface area contributed by atoms with Crippen molar-refractivity contribution in [3.05, 3.63) is 89.5 Å². The number of para-hydroxylation sites is 2. The van der Waals surface area contributed by atoms with Crippen molar-refractivity contribution in [3.8, 4) is 23.3 Å². The number of halogens is 3. The second-order valence-electron chi connectivity index (χ2n) is 6.35. The van der Waals surface area contributed by atoms with Crippen LogP contribution in [-0.4, -0.2) is 19.6 Å². The summed E-state index contributed by atoms with van der Waals surface area (Å²) < 4.78 is 48.4. The molecule has 158 valence electrons. The van der Waals surface area contributed by atoms with Gasteiger partial charge in [0.25, 0.3) is 0 Å². The van der Waals surface area contributed by atoms with Gasteiger partial charge in [-0.3, -0.25) is 0 Å². The van der Waals surface area contributed by atoms with Crippen molar-refractivity contribution >= 4 is 11.7 Å². The third-order valence-corrected chi connectivity index (χ3v) is 4.18. The van der Waals surface area contributed by atoms with Gasteiger partial charge in [-0.05, 0) is 54.6 Å². The molecule has 1 N–H and O–H groups in total. The molecule has 0 aliphatic carbocycles. The maximum atomic E-state index is 12.6. The zero-order chi connectivity index (χ0) is 22.3. The summed E-state index contributed by atoms with van der Waals surface area (Å²) in [4.78, 5) is 11.7. The summed E-state index contributed by atoms with van der Waals surface area (Å²) in [5.41, 5.74) is 0.818. The van der Waals surface area contributed by atoms with Crippen LogP contribution in [0.5, 0.6) is 11.5 Å². The van der Waals surface area contributed by atoms with E-state index in [0.29, 0.717) is 28.3 Å². The highest BCUT2D eigenvalue weighted by Crippen LogP contribution is 2.30. The molecule has 31 heavy (non-hydrogen) atoms. The number of benzene rings is 3. The van der Waals surface area contributed by atoms with Gasteiger partial charge >= 0.3 is 12.1 Å². The van der Waals surface area contributed by atoms with Crippen LogP contribution < -0.4 is 10.1 Å². The van der Waals surface area contributed by atoms with Crippen LogP contribution in [-0.2, 0) is 10.9 Å². The van der Waals surface area contributed by atoms with Crippen molar-refractivity contribution in [2.45, 2.75) is 6.18 Å². The van der Waals surface area contributed by atoms with Crippen LogP contribution in [0, 0.1) is 11.8 Å². The number of carbonyl (C=O) groups is 1. The Balaban J connectivity index is 1.66. The summed E-state index contributed by atoms with van der Waals surface area (Å²) in [5, 5.41) is 3.12. The molecule has 3 aromatic rings. The molecule has 0 atom stereocenters. The van der Waals surface area contributed by atoms with Crippen LogP contribution in [0.3, 0.4) is 0 Å². The van der Waals surface area contributed by atoms with Crippen molar-refractivity contribution in [3.63, 3.8) is 0 Å². The van der Waals surface area contributed by atoms with Crippen LogP contribution in [0.4, 0.5) is 18.9 Å². The van der Waals surface area contributed by atoms with Gasteiger partial charge in [0.1, 0.15) is 5.75 Å². The van der Waals surface area contributed by atoms with Crippen molar-refractivity contribution in [1.29, 1.82) is 0 Å². The smallest absolute Gasteiger partial charge is 0.416 e. The molecule has 0 radical (unpaired) electrons. The van der Waals surface area contributed by atoms with E-state index in [-0.39, 0.29) is 6.54 Å². The summed E-state index contributed by atoms with van der Waals surface area (Å²) in [7, 11) is 1.31. The molecule has 0 unspecified atom stereocenters. The number of hydrogen-bond donors (Lipinski definition) is 1. The second-order valence-corrected chi connectivity index (χ2v) is 6.35. The number of alkyl halides is 3. The first-order valence-electron chi connectivity index (χ1n) is 9.22. The Morgan fingerprint density at radius 1 is 1.00 bits per heavy atom. The second kappa shape index (κ2) is 9.72. The number of ether oxygens (including phenoxy) is 2. The molecular weight excluding hydrogens is 407 g/mol. The topological polar surface area (TPSA) is 47.6 Å². The lowest BCUT2D eigenvalue weighted by atomic mass is 10.1. The highest BCUT2D eigenvalue weighted by Gasteiger charge is 2.29. The minimum absolute atomic E-state index is 0.254. The quantitative estimate of drug-likeness (QED) is 0.418. The maximum absolute atomic E-state index is 12.6. The molecule has 0 saturated carbocycles. The number of rotatable bonds is 5. The maximum Gasteiger partial charge on any atom is 0.416 e. The SMILES string of the molecule is COC(=O)c1cccc(Oc2ccccc2NCC#Cc2ccc(C(F)(F)F)cc2)c1. The Morgan fingerprint density at radius 2 is 1.74 bits per heavy atom. The summed E-state index contributed by atoms with van der Waals surface area (Å²) in [5.74, 6) is 6.22. The van der Waals surface area contributed by atoms with Crippen LogP contribution >= 0.6 is 0 Å². The Bertz CT molecular complexity index is 1110. The minimum atomic E-state index is -4.37. The van der Waals surface area contributed by atoms with E-state index in [1.165, 1.54) is 19.2 Å². The number of anilines is 1. The lowest BCUT2D eigenvalue weighted by Crippen LogP contribution is -2.04. The number of carbonyl (C=O) groups excluding carboxylic acids is 1. The van der Waals surface area contributed by atoms with Gasteiger partial charge in [-0.25, -0.2) is 4.79 Å². The molecule has 0 saturated heterocycles. The molecule has 0 aliphatic heterocycles. The van der Waals surface area contributed by atoms with Crippen LogP contribution in [0.1, 0.15) is 21.5 Å². The molecule has 0 amide bonds. The molecule has 0 spiro atoms. The van der Waals surface area contributed by atoms with Gasteiger partial charge in [0, 0.05) is 5.56 Å². The zero-order valence-electron chi connectivity index (χ0n) is 16.5. The van der Waals surface area contributed by atoms with Gasteiger partial charge in [0.05, 0.1) is 30.5 Å². The lowest BCUT2D eigenvalue weighted by molar-refractivity contribution is -0.137. The molecule has 4 nitrogen and oxygen atoms in total. The normalized spacial score (nSPS) is 10.6. The van der Waals surface area contributed by atoms with Crippen molar-refractivity contribution in [1.82, 2.24) is 0 Å².